The van der Waals surface area contributed by atoms with Crippen molar-refractivity contribution < 1.29 is 28.6 Å². The zero-order valence-corrected chi connectivity index (χ0v) is 33.3. The first kappa shape index (κ1) is 47.4. The number of hydrogen-bond donors (Lipinski definition) is 0. The van der Waals surface area contributed by atoms with Crippen molar-refractivity contribution in [2.75, 3.05) is 13.2 Å². The van der Waals surface area contributed by atoms with E-state index in [9.17, 15) is 14.4 Å². The number of unbranched alkanes of at least 4 members (excludes halogenated alkanes) is 22. The largest absolute Gasteiger partial charge is 0.462 e. The van der Waals surface area contributed by atoms with Crippen LogP contribution in [0.2, 0.25) is 0 Å². The molecular formula is C43H82O6. The Morgan fingerprint density at radius 2 is 0.673 bits per heavy atom. The molecule has 0 radical (unpaired) electrons. The molecule has 49 heavy (non-hydrogen) atoms. The standard InChI is InChI=1S/C43H82O6/c1-6-7-8-9-10-11-12-13-14-15-16-23-28-33-41(44)47-36-40(49-43(46)35-30-25-20-18-22-27-32-39(4)5)37-48-42(45)34-29-24-19-17-21-26-31-38(2)3/h38-40H,6-37H2,1-5H3/t40-/m1/s1. The summed E-state index contributed by atoms with van der Waals surface area (Å²) in [6.45, 7) is 11.2. The van der Waals surface area contributed by atoms with E-state index in [1.807, 2.05) is 0 Å². The van der Waals surface area contributed by atoms with Crippen LogP contribution in [0, 0.1) is 11.8 Å². The summed E-state index contributed by atoms with van der Waals surface area (Å²) in [5.41, 5.74) is 0. The van der Waals surface area contributed by atoms with Gasteiger partial charge in [-0.05, 0) is 31.1 Å². The van der Waals surface area contributed by atoms with Crippen molar-refractivity contribution in [1.82, 2.24) is 0 Å². The Hall–Kier alpha value is -1.59. The van der Waals surface area contributed by atoms with Crippen molar-refractivity contribution in [1.29, 1.82) is 0 Å². The molecule has 0 N–H and O–H groups in total. The van der Waals surface area contributed by atoms with Crippen LogP contribution in [0.15, 0.2) is 0 Å². The Morgan fingerprint density at radius 1 is 0.388 bits per heavy atom. The summed E-state index contributed by atoms with van der Waals surface area (Å²) in [5.74, 6) is 0.651. The SMILES string of the molecule is CCCCCCCCCCCCCCCC(=O)OC[C@H](COC(=O)CCCCCCCCC(C)C)OC(=O)CCCCCCCCC(C)C. The lowest BCUT2D eigenvalue weighted by Gasteiger charge is -2.18. The third-order valence-electron chi connectivity index (χ3n) is 9.47. The minimum atomic E-state index is -0.760. The second-order valence-electron chi connectivity index (χ2n) is 15.6. The zero-order chi connectivity index (χ0) is 36.2. The van der Waals surface area contributed by atoms with Crippen LogP contribution >= 0.6 is 0 Å². The lowest BCUT2D eigenvalue weighted by molar-refractivity contribution is -0.167. The van der Waals surface area contributed by atoms with E-state index in [0.717, 1.165) is 69.6 Å². The maximum Gasteiger partial charge on any atom is 0.306 e. The van der Waals surface area contributed by atoms with Crippen LogP contribution in [0.3, 0.4) is 0 Å². The number of esters is 3. The molecule has 0 aromatic carbocycles. The quantitative estimate of drug-likeness (QED) is 0.0366. The summed E-state index contributed by atoms with van der Waals surface area (Å²) in [6.07, 6.45) is 32.6. The molecule has 0 spiro atoms. The third-order valence-corrected chi connectivity index (χ3v) is 9.47. The molecule has 0 fully saturated rings. The fourth-order valence-electron chi connectivity index (χ4n) is 6.22. The summed E-state index contributed by atoms with van der Waals surface area (Å²) >= 11 is 0. The van der Waals surface area contributed by atoms with Crippen molar-refractivity contribution in [3.05, 3.63) is 0 Å². The monoisotopic (exact) mass is 695 g/mol. The number of ether oxygens (including phenoxy) is 3. The minimum absolute atomic E-state index is 0.0669. The van der Waals surface area contributed by atoms with Crippen LogP contribution < -0.4 is 0 Å². The van der Waals surface area contributed by atoms with Gasteiger partial charge < -0.3 is 14.2 Å². The first-order chi connectivity index (χ1) is 23.7. The van der Waals surface area contributed by atoms with Gasteiger partial charge in [0, 0.05) is 19.3 Å². The topological polar surface area (TPSA) is 78.9 Å². The highest BCUT2D eigenvalue weighted by Gasteiger charge is 2.19. The smallest absolute Gasteiger partial charge is 0.306 e. The van der Waals surface area contributed by atoms with Gasteiger partial charge in [-0.15, -0.1) is 0 Å². The summed E-state index contributed by atoms with van der Waals surface area (Å²) in [7, 11) is 0. The minimum Gasteiger partial charge on any atom is -0.462 e. The van der Waals surface area contributed by atoms with Gasteiger partial charge in [0.15, 0.2) is 6.10 Å². The van der Waals surface area contributed by atoms with Gasteiger partial charge in [0.25, 0.3) is 0 Å². The molecule has 0 aliphatic rings. The predicted molar refractivity (Wildman–Crippen MR) is 206 cm³/mol. The normalized spacial score (nSPS) is 12.1. The average Bonchev–Trinajstić information content (AvgIpc) is 3.06. The number of hydrogen-bond acceptors (Lipinski definition) is 6. The molecular weight excluding hydrogens is 612 g/mol. The van der Waals surface area contributed by atoms with Crippen LogP contribution in [0.25, 0.3) is 0 Å². The van der Waals surface area contributed by atoms with E-state index in [1.165, 1.54) is 116 Å². The molecule has 6 heteroatoms. The van der Waals surface area contributed by atoms with Gasteiger partial charge in [-0.2, -0.15) is 0 Å². The molecule has 0 saturated carbocycles. The molecule has 0 amide bonds. The van der Waals surface area contributed by atoms with E-state index < -0.39 is 6.10 Å². The third kappa shape index (κ3) is 37.5. The molecule has 0 saturated heterocycles. The molecule has 1 atom stereocenters. The van der Waals surface area contributed by atoms with Gasteiger partial charge in [-0.1, -0.05) is 189 Å². The van der Waals surface area contributed by atoms with E-state index >= 15 is 0 Å². The Kier molecular flexibility index (Phi) is 35.0. The van der Waals surface area contributed by atoms with Crippen LogP contribution in [-0.4, -0.2) is 37.2 Å². The molecule has 0 unspecified atom stereocenters. The van der Waals surface area contributed by atoms with Crippen molar-refractivity contribution in [3.8, 4) is 0 Å². The summed E-state index contributed by atoms with van der Waals surface area (Å²) in [4.78, 5) is 37.5. The van der Waals surface area contributed by atoms with Crippen molar-refractivity contribution in [2.45, 2.75) is 233 Å². The van der Waals surface area contributed by atoms with Gasteiger partial charge in [0.05, 0.1) is 0 Å². The zero-order valence-electron chi connectivity index (χ0n) is 33.3. The van der Waals surface area contributed by atoms with E-state index in [0.29, 0.717) is 19.3 Å². The van der Waals surface area contributed by atoms with E-state index in [1.54, 1.807) is 0 Å². The van der Waals surface area contributed by atoms with Gasteiger partial charge in [-0.25, -0.2) is 0 Å². The predicted octanol–water partition coefficient (Wildman–Crippen LogP) is 13.0. The summed E-state index contributed by atoms with van der Waals surface area (Å²) in [6, 6.07) is 0. The van der Waals surface area contributed by atoms with E-state index in [-0.39, 0.29) is 31.1 Å². The van der Waals surface area contributed by atoms with Crippen LogP contribution in [0.1, 0.15) is 227 Å². The molecule has 6 nitrogen and oxygen atoms in total. The Balaban J connectivity index is 4.32. The van der Waals surface area contributed by atoms with Crippen molar-refractivity contribution >= 4 is 17.9 Å². The van der Waals surface area contributed by atoms with Crippen molar-refractivity contribution in [2.24, 2.45) is 11.8 Å². The first-order valence-electron chi connectivity index (χ1n) is 21.2. The second-order valence-corrected chi connectivity index (χ2v) is 15.6. The molecule has 0 aromatic heterocycles. The van der Waals surface area contributed by atoms with Gasteiger partial charge >= 0.3 is 17.9 Å². The van der Waals surface area contributed by atoms with Gasteiger partial charge in [0.2, 0.25) is 0 Å². The number of rotatable bonds is 37. The first-order valence-corrected chi connectivity index (χ1v) is 21.2. The van der Waals surface area contributed by atoms with Gasteiger partial charge in [0.1, 0.15) is 13.2 Å². The maximum atomic E-state index is 12.6. The van der Waals surface area contributed by atoms with E-state index in [4.69, 9.17) is 14.2 Å². The van der Waals surface area contributed by atoms with Gasteiger partial charge in [-0.3, -0.25) is 14.4 Å². The molecule has 0 aromatic rings. The highest BCUT2D eigenvalue weighted by molar-refractivity contribution is 5.71. The lowest BCUT2D eigenvalue weighted by atomic mass is 10.0. The van der Waals surface area contributed by atoms with E-state index in [2.05, 4.69) is 34.6 Å². The molecule has 0 heterocycles. The second kappa shape index (κ2) is 36.2. The lowest BCUT2D eigenvalue weighted by Crippen LogP contribution is -2.30. The molecule has 0 aliphatic carbocycles. The number of carbonyl (C=O) groups excluding carboxylic acids is 3. The van der Waals surface area contributed by atoms with Crippen LogP contribution in [0.4, 0.5) is 0 Å². The molecule has 0 bridgehead atoms. The summed E-state index contributed by atoms with van der Waals surface area (Å²) < 4.78 is 16.6. The maximum absolute atomic E-state index is 12.6. The highest BCUT2D eigenvalue weighted by atomic mass is 16.6. The van der Waals surface area contributed by atoms with Crippen molar-refractivity contribution in [3.63, 3.8) is 0 Å². The fourth-order valence-corrected chi connectivity index (χ4v) is 6.22. The Bertz CT molecular complexity index is 749. The molecule has 0 rings (SSSR count). The fraction of sp³-hybridized carbons (Fsp3) is 0.930. The highest BCUT2D eigenvalue weighted by Crippen LogP contribution is 2.16. The van der Waals surface area contributed by atoms with Crippen LogP contribution in [0.5, 0.6) is 0 Å². The Morgan fingerprint density at radius 3 is 1.00 bits per heavy atom. The Labute approximate surface area is 304 Å². The average molecular weight is 695 g/mol. The number of carbonyl (C=O) groups is 3. The molecule has 290 valence electrons. The summed E-state index contributed by atoms with van der Waals surface area (Å²) in [5, 5.41) is 0. The molecule has 0 aliphatic heterocycles. The van der Waals surface area contributed by atoms with Crippen LogP contribution in [-0.2, 0) is 28.6 Å².